The number of furan rings is 2. The van der Waals surface area contributed by atoms with Gasteiger partial charge in [0.25, 0.3) is 0 Å². The smallest absolute Gasteiger partial charge is 0.336 e. The molecule has 1 aliphatic rings. The van der Waals surface area contributed by atoms with Gasteiger partial charge in [0.15, 0.2) is 0 Å². The minimum Gasteiger partial charge on any atom is -0.469 e. The van der Waals surface area contributed by atoms with E-state index in [0.717, 1.165) is 0 Å². The Morgan fingerprint density at radius 3 is 2.25 bits per heavy atom. The first-order chi connectivity index (χ1) is 13.5. The number of rotatable bonds is 6. The molecule has 3 rings (SSSR count). The molecule has 0 amide bonds. The lowest BCUT2D eigenvalue weighted by atomic mass is 9.72. The van der Waals surface area contributed by atoms with Crippen LogP contribution in [-0.2, 0) is 19.1 Å². The van der Waals surface area contributed by atoms with Crippen molar-refractivity contribution < 1.29 is 27.9 Å². The summed E-state index contributed by atoms with van der Waals surface area (Å²) in [5.41, 5.74) is 4.11. The lowest BCUT2D eigenvalue weighted by molar-refractivity contribution is -0.151. The fourth-order valence-electron chi connectivity index (χ4n) is 3.69. The Morgan fingerprint density at radius 1 is 1.14 bits per heavy atom. The predicted molar refractivity (Wildman–Crippen MR) is 95.4 cm³/mol. The zero-order chi connectivity index (χ0) is 20.3. The van der Waals surface area contributed by atoms with Crippen LogP contribution in [0.3, 0.4) is 0 Å². The van der Waals surface area contributed by atoms with Gasteiger partial charge in [-0.2, -0.15) is 5.26 Å². The molecule has 0 spiro atoms. The molecule has 0 fully saturated rings. The van der Waals surface area contributed by atoms with Gasteiger partial charge in [-0.05, 0) is 38.1 Å². The van der Waals surface area contributed by atoms with Gasteiger partial charge < -0.3 is 24.0 Å². The molecule has 1 aliphatic carbocycles. The second kappa shape index (κ2) is 7.64. The molecule has 2 aromatic heterocycles. The summed E-state index contributed by atoms with van der Waals surface area (Å²) in [6.07, 6.45) is 2.85. The number of carbonyl (C=O) groups is 2. The number of carbonyl (C=O) groups excluding carboxylic acids is 2. The highest BCUT2D eigenvalue weighted by Crippen LogP contribution is 2.59. The predicted octanol–water partition coefficient (Wildman–Crippen LogP) is 2.60. The van der Waals surface area contributed by atoms with Gasteiger partial charge >= 0.3 is 11.9 Å². The van der Waals surface area contributed by atoms with Crippen LogP contribution in [0.1, 0.15) is 37.2 Å². The highest BCUT2D eigenvalue weighted by Gasteiger charge is 2.64. The first-order valence-electron chi connectivity index (χ1n) is 8.85. The van der Waals surface area contributed by atoms with Gasteiger partial charge in [-0.1, -0.05) is 0 Å². The molecule has 2 heterocycles. The molecule has 0 saturated carbocycles. The quantitative estimate of drug-likeness (QED) is 0.753. The topological polar surface area (TPSA) is 129 Å². The Morgan fingerprint density at radius 2 is 1.75 bits per heavy atom. The number of nitriles is 1. The number of hydrogen-bond donors (Lipinski definition) is 1. The van der Waals surface area contributed by atoms with Gasteiger partial charge in [-0.25, -0.2) is 9.59 Å². The van der Waals surface area contributed by atoms with Gasteiger partial charge in [-0.3, -0.25) is 0 Å². The van der Waals surface area contributed by atoms with Crippen LogP contribution >= 0.6 is 0 Å². The maximum Gasteiger partial charge on any atom is 0.336 e. The van der Waals surface area contributed by atoms with Crippen molar-refractivity contribution in [2.24, 2.45) is 11.1 Å². The van der Waals surface area contributed by atoms with Crippen molar-refractivity contribution >= 4 is 11.9 Å². The van der Waals surface area contributed by atoms with Gasteiger partial charge in [0.05, 0.1) is 54.9 Å². The third kappa shape index (κ3) is 2.76. The zero-order valence-electron chi connectivity index (χ0n) is 15.5. The van der Waals surface area contributed by atoms with E-state index in [1.54, 1.807) is 38.1 Å². The molecule has 8 heteroatoms. The molecule has 0 bridgehead atoms. The van der Waals surface area contributed by atoms with Crippen molar-refractivity contribution in [1.82, 2.24) is 0 Å². The molecule has 0 unspecified atom stereocenters. The first kappa shape index (κ1) is 19.3. The number of hydrogen-bond acceptors (Lipinski definition) is 8. The lowest BCUT2D eigenvalue weighted by Gasteiger charge is -2.29. The van der Waals surface area contributed by atoms with Crippen molar-refractivity contribution in [2.45, 2.75) is 25.7 Å². The van der Waals surface area contributed by atoms with E-state index in [-0.39, 0.29) is 24.5 Å². The molecule has 28 heavy (non-hydrogen) atoms. The molecule has 146 valence electrons. The summed E-state index contributed by atoms with van der Waals surface area (Å²) in [4.78, 5) is 25.7. The molecule has 3 atom stereocenters. The van der Waals surface area contributed by atoms with E-state index in [1.165, 1.54) is 12.5 Å². The van der Waals surface area contributed by atoms with E-state index in [1.807, 2.05) is 6.07 Å². The third-order valence-corrected chi connectivity index (χ3v) is 4.79. The first-order valence-corrected chi connectivity index (χ1v) is 8.85. The third-order valence-electron chi connectivity index (χ3n) is 4.79. The van der Waals surface area contributed by atoms with Crippen LogP contribution in [0, 0.1) is 16.7 Å². The summed E-state index contributed by atoms with van der Waals surface area (Å²) in [7, 11) is 0. The van der Waals surface area contributed by atoms with Crippen molar-refractivity contribution in [3.63, 3.8) is 0 Å². The summed E-state index contributed by atoms with van der Waals surface area (Å²) >= 11 is 0. The average Bonchev–Trinajstić information content (AvgIpc) is 3.41. The van der Waals surface area contributed by atoms with E-state index >= 15 is 0 Å². The minimum atomic E-state index is -1.96. The molecule has 2 aromatic rings. The molecule has 0 aromatic carbocycles. The molecular formula is C20H20N2O6. The van der Waals surface area contributed by atoms with Gasteiger partial charge in [-0.15, -0.1) is 0 Å². The SMILES string of the molecule is CCOC(=O)C1=C(N)[C@](C#N)(C(=O)OCC)[C@@H](c2ccco2)[C@@H]1c1ccco1. The molecule has 2 N–H and O–H groups in total. The summed E-state index contributed by atoms with van der Waals surface area (Å²) in [6.45, 7) is 3.42. The maximum atomic E-state index is 13.0. The molecule has 0 aliphatic heterocycles. The van der Waals surface area contributed by atoms with E-state index < -0.39 is 29.2 Å². The fraction of sp³-hybridized carbons (Fsp3) is 0.350. The molecule has 8 nitrogen and oxygen atoms in total. The lowest BCUT2D eigenvalue weighted by Crippen LogP contribution is -2.40. The Bertz CT molecular complexity index is 923. The number of ether oxygens (including phenoxy) is 2. The van der Waals surface area contributed by atoms with Crippen molar-refractivity contribution in [1.29, 1.82) is 5.26 Å². The molecular weight excluding hydrogens is 364 g/mol. The van der Waals surface area contributed by atoms with Crippen LogP contribution in [0.25, 0.3) is 0 Å². The molecule has 0 saturated heterocycles. The van der Waals surface area contributed by atoms with Crippen LogP contribution in [0.2, 0.25) is 0 Å². The van der Waals surface area contributed by atoms with Crippen molar-refractivity contribution in [2.75, 3.05) is 13.2 Å². The van der Waals surface area contributed by atoms with E-state index in [2.05, 4.69) is 0 Å². The van der Waals surface area contributed by atoms with Crippen LogP contribution < -0.4 is 5.73 Å². The Balaban J connectivity index is 2.31. The van der Waals surface area contributed by atoms with Gasteiger partial charge in [0, 0.05) is 0 Å². The zero-order valence-corrected chi connectivity index (χ0v) is 15.5. The van der Waals surface area contributed by atoms with Gasteiger partial charge in [0.2, 0.25) is 5.41 Å². The van der Waals surface area contributed by atoms with Crippen LogP contribution in [0.4, 0.5) is 0 Å². The maximum absolute atomic E-state index is 13.0. The Hall–Kier alpha value is -3.47. The second-order valence-electron chi connectivity index (χ2n) is 6.17. The van der Waals surface area contributed by atoms with Crippen LogP contribution in [0.5, 0.6) is 0 Å². The Labute approximate surface area is 161 Å². The highest BCUT2D eigenvalue weighted by molar-refractivity contribution is 5.98. The number of esters is 2. The largest absolute Gasteiger partial charge is 0.469 e. The number of nitrogens with two attached hydrogens (primary N) is 1. The normalized spacial score (nSPS) is 24.0. The standard InChI is InChI=1S/C20H20N2O6/c1-3-25-18(23)15-14(12-7-5-9-27-12)16(13-8-6-10-28-13)20(11-21,17(15)22)19(24)26-4-2/h5-10,14,16H,3-4,22H2,1-2H3/t14-,16+,20-/m1/s1. The van der Waals surface area contributed by atoms with Crippen LogP contribution in [-0.4, -0.2) is 25.2 Å². The van der Waals surface area contributed by atoms with Crippen molar-refractivity contribution in [3.8, 4) is 6.07 Å². The second-order valence-corrected chi connectivity index (χ2v) is 6.17. The summed E-state index contributed by atoms with van der Waals surface area (Å²) in [5.74, 6) is -2.74. The monoisotopic (exact) mass is 384 g/mol. The van der Waals surface area contributed by atoms with Crippen molar-refractivity contribution in [3.05, 3.63) is 59.6 Å². The van der Waals surface area contributed by atoms with E-state index in [4.69, 9.17) is 24.0 Å². The highest BCUT2D eigenvalue weighted by atomic mass is 16.5. The summed E-state index contributed by atoms with van der Waals surface area (Å²) < 4.78 is 21.4. The molecule has 0 radical (unpaired) electrons. The van der Waals surface area contributed by atoms with E-state index in [9.17, 15) is 14.9 Å². The number of nitrogens with zero attached hydrogens (tertiary/aromatic N) is 1. The van der Waals surface area contributed by atoms with E-state index in [0.29, 0.717) is 11.5 Å². The summed E-state index contributed by atoms with van der Waals surface area (Å²) in [6, 6.07) is 8.53. The minimum absolute atomic E-state index is 0.00666. The summed E-state index contributed by atoms with van der Waals surface area (Å²) in [5, 5.41) is 10.1. The Kier molecular flexibility index (Phi) is 5.27. The van der Waals surface area contributed by atoms with Gasteiger partial charge in [0.1, 0.15) is 11.5 Å². The fourth-order valence-corrected chi connectivity index (χ4v) is 3.69. The van der Waals surface area contributed by atoms with Crippen LogP contribution in [0.15, 0.2) is 56.9 Å². The average molecular weight is 384 g/mol.